The highest BCUT2D eigenvalue weighted by Gasteiger charge is 2.58. The minimum atomic E-state index is 0.231. The predicted molar refractivity (Wildman–Crippen MR) is 127 cm³/mol. The molecule has 0 radical (unpaired) electrons. The zero-order valence-corrected chi connectivity index (χ0v) is 20.8. The fourth-order valence-electron chi connectivity index (χ4n) is 8.42. The van der Waals surface area contributed by atoms with Gasteiger partial charge in [-0.3, -0.25) is 4.79 Å². The second-order valence-corrected chi connectivity index (χ2v) is 12.5. The van der Waals surface area contributed by atoms with Crippen molar-refractivity contribution in [1.82, 2.24) is 0 Å². The molecule has 8 atom stereocenters. The summed E-state index contributed by atoms with van der Waals surface area (Å²) in [7, 11) is 0. The lowest BCUT2D eigenvalue weighted by Crippen LogP contribution is -2.49. The van der Waals surface area contributed by atoms with Gasteiger partial charge in [0.05, 0.1) is 0 Å². The Morgan fingerprint density at radius 3 is 2.43 bits per heavy atom. The molecule has 1 heteroatoms. The molecule has 4 aliphatic rings. The van der Waals surface area contributed by atoms with Gasteiger partial charge in [-0.05, 0) is 102 Å². The van der Waals surface area contributed by atoms with Crippen molar-refractivity contribution >= 4 is 5.78 Å². The molecule has 2 fully saturated rings. The molecule has 0 N–H and O–H groups in total. The Labute approximate surface area is 186 Å². The fourth-order valence-corrected chi connectivity index (χ4v) is 8.42. The lowest BCUT2D eigenvalue weighted by atomic mass is 9.47. The standard InChI is InChI=1S/C29H46O/c1-18(2)19(3)8-9-20(4)23-12-13-25-22-10-11-24-21(5)27(30)15-17-29(24,7)26(22)14-16-28(23,25)6/h10-11,18-20,22-23,25-26H,8-9,12-17H2,1-7H3/t19-,20+,22-,23+,25-,26-,28+,29-/m0/s1. The lowest BCUT2D eigenvalue weighted by Gasteiger charge is -2.57. The Hall–Kier alpha value is -0.850. The second kappa shape index (κ2) is 7.93. The fraction of sp³-hybridized carbons (Fsp3) is 0.828. The highest BCUT2D eigenvalue weighted by atomic mass is 16.1. The van der Waals surface area contributed by atoms with Crippen LogP contribution in [0.3, 0.4) is 0 Å². The third-order valence-electron chi connectivity index (χ3n) is 10.9. The van der Waals surface area contributed by atoms with Gasteiger partial charge < -0.3 is 0 Å². The van der Waals surface area contributed by atoms with Crippen LogP contribution in [0.25, 0.3) is 0 Å². The summed E-state index contributed by atoms with van der Waals surface area (Å²) >= 11 is 0. The van der Waals surface area contributed by atoms with E-state index in [4.69, 9.17) is 0 Å². The molecule has 30 heavy (non-hydrogen) atoms. The quantitative estimate of drug-likeness (QED) is 0.448. The largest absolute Gasteiger partial charge is 0.295 e. The first-order valence-electron chi connectivity index (χ1n) is 13.0. The van der Waals surface area contributed by atoms with Crippen LogP contribution in [0.4, 0.5) is 0 Å². The van der Waals surface area contributed by atoms with Crippen LogP contribution in [0.2, 0.25) is 0 Å². The second-order valence-electron chi connectivity index (χ2n) is 12.5. The lowest BCUT2D eigenvalue weighted by molar-refractivity contribution is -0.117. The van der Waals surface area contributed by atoms with Crippen molar-refractivity contribution in [2.45, 2.75) is 99.8 Å². The monoisotopic (exact) mass is 410 g/mol. The summed E-state index contributed by atoms with van der Waals surface area (Å²) < 4.78 is 0. The third-order valence-corrected chi connectivity index (χ3v) is 10.9. The van der Waals surface area contributed by atoms with Gasteiger partial charge in [0.25, 0.3) is 0 Å². The molecule has 0 unspecified atom stereocenters. The minimum absolute atomic E-state index is 0.231. The topological polar surface area (TPSA) is 17.1 Å². The van der Waals surface area contributed by atoms with Gasteiger partial charge in [-0.25, -0.2) is 0 Å². The summed E-state index contributed by atoms with van der Waals surface area (Å²) in [5, 5.41) is 0. The normalized spacial score (nSPS) is 42.7. The van der Waals surface area contributed by atoms with Crippen LogP contribution in [-0.4, -0.2) is 5.78 Å². The number of carbonyl (C=O) groups excluding carboxylic acids is 1. The first-order chi connectivity index (χ1) is 14.1. The maximum absolute atomic E-state index is 12.4. The predicted octanol–water partition coefficient (Wildman–Crippen LogP) is 8.01. The van der Waals surface area contributed by atoms with E-state index in [0.29, 0.717) is 11.2 Å². The van der Waals surface area contributed by atoms with E-state index >= 15 is 0 Å². The van der Waals surface area contributed by atoms with Crippen LogP contribution < -0.4 is 0 Å². The number of Topliss-reactive ketones (excluding diaryl/α,β-unsaturated/α-hetero) is 1. The molecular formula is C29H46O. The van der Waals surface area contributed by atoms with E-state index in [0.717, 1.165) is 59.8 Å². The van der Waals surface area contributed by atoms with Gasteiger partial charge >= 0.3 is 0 Å². The van der Waals surface area contributed by atoms with Gasteiger partial charge in [0, 0.05) is 6.42 Å². The van der Waals surface area contributed by atoms with Crippen molar-refractivity contribution in [2.75, 3.05) is 0 Å². The Kier molecular flexibility index (Phi) is 5.91. The van der Waals surface area contributed by atoms with Crippen molar-refractivity contribution in [1.29, 1.82) is 0 Å². The molecule has 0 saturated heterocycles. The number of rotatable bonds is 5. The van der Waals surface area contributed by atoms with E-state index in [9.17, 15) is 4.79 Å². The first kappa shape index (κ1) is 22.3. The first-order valence-corrected chi connectivity index (χ1v) is 13.0. The minimum Gasteiger partial charge on any atom is -0.295 e. The van der Waals surface area contributed by atoms with Crippen LogP contribution in [0.1, 0.15) is 99.8 Å². The van der Waals surface area contributed by atoms with E-state index < -0.39 is 0 Å². The average Bonchev–Trinajstić information content (AvgIpc) is 3.06. The highest BCUT2D eigenvalue weighted by Crippen LogP contribution is 2.66. The number of hydrogen-bond donors (Lipinski definition) is 0. The molecule has 1 nitrogen and oxygen atoms in total. The zero-order valence-electron chi connectivity index (χ0n) is 20.8. The number of fused-ring (bicyclic) bond motifs is 5. The Morgan fingerprint density at radius 1 is 1.00 bits per heavy atom. The van der Waals surface area contributed by atoms with Gasteiger partial charge in [-0.1, -0.05) is 66.5 Å². The molecule has 168 valence electrons. The van der Waals surface area contributed by atoms with Crippen LogP contribution in [0, 0.1) is 52.3 Å². The molecule has 2 saturated carbocycles. The summed E-state index contributed by atoms with van der Waals surface area (Å²) in [6.45, 7) is 17.0. The smallest absolute Gasteiger partial charge is 0.158 e. The molecule has 0 aromatic heterocycles. The van der Waals surface area contributed by atoms with Gasteiger partial charge in [0.2, 0.25) is 0 Å². The Morgan fingerprint density at radius 2 is 1.73 bits per heavy atom. The van der Waals surface area contributed by atoms with Crippen LogP contribution in [0.15, 0.2) is 23.3 Å². The molecule has 0 aliphatic heterocycles. The number of allylic oxidation sites excluding steroid dienone is 4. The molecule has 0 amide bonds. The van der Waals surface area contributed by atoms with Crippen molar-refractivity contribution in [3.05, 3.63) is 23.3 Å². The maximum atomic E-state index is 12.4. The van der Waals surface area contributed by atoms with E-state index in [2.05, 4.69) is 60.6 Å². The van der Waals surface area contributed by atoms with Crippen molar-refractivity contribution in [3.63, 3.8) is 0 Å². The summed E-state index contributed by atoms with van der Waals surface area (Å²) in [4.78, 5) is 12.4. The van der Waals surface area contributed by atoms with Gasteiger partial charge in [-0.15, -0.1) is 0 Å². The molecule has 0 aromatic rings. The van der Waals surface area contributed by atoms with Crippen molar-refractivity contribution in [3.8, 4) is 0 Å². The average molecular weight is 411 g/mol. The van der Waals surface area contributed by atoms with Crippen LogP contribution in [-0.2, 0) is 4.79 Å². The molecule has 0 spiro atoms. The van der Waals surface area contributed by atoms with Crippen LogP contribution >= 0.6 is 0 Å². The summed E-state index contributed by atoms with van der Waals surface area (Å²) in [6.07, 6.45) is 15.2. The van der Waals surface area contributed by atoms with Gasteiger partial charge in [0.1, 0.15) is 0 Å². The Balaban J connectivity index is 1.55. The van der Waals surface area contributed by atoms with Crippen LogP contribution in [0.5, 0.6) is 0 Å². The highest BCUT2D eigenvalue weighted by molar-refractivity contribution is 5.97. The van der Waals surface area contributed by atoms with E-state index in [1.807, 2.05) is 0 Å². The molecule has 0 aromatic carbocycles. The summed E-state index contributed by atoms with van der Waals surface area (Å²) in [5.41, 5.74) is 3.19. The third kappa shape index (κ3) is 3.38. The Bertz CT molecular complexity index is 741. The van der Waals surface area contributed by atoms with Crippen molar-refractivity contribution in [2.24, 2.45) is 52.3 Å². The summed E-state index contributed by atoms with van der Waals surface area (Å²) in [6, 6.07) is 0. The molecular weight excluding hydrogens is 364 g/mol. The molecule has 4 aliphatic carbocycles. The number of hydrogen-bond acceptors (Lipinski definition) is 1. The van der Waals surface area contributed by atoms with E-state index in [-0.39, 0.29) is 5.41 Å². The zero-order chi connectivity index (χ0) is 21.8. The molecule has 0 bridgehead atoms. The van der Waals surface area contributed by atoms with Crippen molar-refractivity contribution < 1.29 is 4.79 Å². The number of carbonyl (C=O) groups is 1. The molecule has 4 rings (SSSR count). The van der Waals surface area contributed by atoms with Gasteiger partial charge in [0.15, 0.2) is 5.78 Å². The van der Waals surface area contributed by atoms with Gasteiger partial charge in [-0.2, -0.15) is 0 Å². The number of ketones is 1. The summed E-state index contributed by atoms with van der Waals surface area (Å²) in [5.74, 6) is 6.11. The van der Waals surface area contributed by atoms with E-state index in [1.165, 1.54) is 44.1 Å². The maximum Gasteiger partial charge on any atom is 0.158 e. The van der Waals surface area contributed by atoms with E-state index in [1.54, 1.807) is 0 Å². The molecule has 0 heterocycles. The SMILES string of the molecule is CC1=C2C=C[C@H]3[C@@H]4CC[C@H]([C@H](C)CC[C@H](C)C(C)C)[C@@]4(C)CC[C@@H]3[C@@]2(C)CCC1=O.